The first-order chi connectivity index (χ1) is 7.22. The maximum absolute atomic E-state index is 11.0. The van der Waals surface area contributed by atoms with Gasteiger partial charge in [-0.3, -0.25) is 4.79 Å². The van der Waals surface area contributed by atoms with Crippen LogP contribution in [-0.2, 0) is 9.53 Å². The molecule has 3 heteroatoms. The van der Waals surface area contributed by atoms with Crippen molar-refractivity contribution >= 4 is 5.78 Å². The first-order valence-corrected chi connectivity index (χ1v) is 5.80. The molecule has 1 saturated heterocycles. The molecule has 1 saturated carbocycles. The van der Waals surface area contributed by atoms with Crippen LogP contribution in [0, 0.1) is 5.41 Å². The van der Waals surface area contributed by atoms with Crippen LogP contribution in [0.4, 0.5) is 0 Å². The lowest BCUT2D eigenvalue weighted by molar-refractivity contribution is -0.112. The lowest BCUT2D eigenvalue weighted by Gasteiger charge is -2.38. The van der Waals surface area contributed by atoms with Gasteiger partial charge in [-0.2, -0.15) is 0 Å². The molecular formula is C13H20O3. The molecular weight excluding hydrogens is 204 g/mol. The summed E-state index contributed by atoms with van der Waals surface area (Å²) in [7, 11) is 0. The summed E-state index contributed by atoms with van der Waals surface area (Å²) in [5.74, 6) is 0.0186. The van der Waals surface area contributed by atoms with Crippen molar-refractivity contribution in [2.75, 3.05) is 0 Å². The average molecular weight is 224 g/mol. The maximum Gasteiger partial charge on any atom is 0.152 e. The van der Waals surface area contributed by atoms with E-state index >= 15 is 0 Å². The van der Waals surface area contributed by atoms with Crippen molar-refractivity contribution < 1.29 is 14.6 Å². The highest BCUT2D eigenvalue weighted by Gasteiger charge is 2.74. The van der Waals surface area contributed by atoms with E-state index < -0.39 is 5.60 Å². The van der Waals surface area contributed by atoms with Gasteiger partial charge >= 0.3 is 0 Å². The van der Waals surface area contributed by atoms with E-state index in [0.29, 0.717) is 6.42 Å². The molecule has 0 amide bonds. The van der Waals surface area contributed by atoms with E-state index in [1.165, 1.54) is 6.92 Å². The minimum atomic E-state index is -0.431. The third-order valence-electron chi connectivity index (χ3n) is 4.32. The fraction of sp³-hybridized carbons (Fsp3) is 0.769. The van der Waals surface area contributed by atoms with Crippen molar-refractivity contribution in [2.24, 2.45) is 5.41 Å². The first-order valence-electron chi connectivity index (χ1n) is 5.80. The van der Waals surface area contributed by atoms with Gasteiger partial charge < -0.3 is 9.84 Å². The Morgan fingerprint density at radius 1 is 1.38 bits per heavy atom. The van der Waals surface area contributed by atoms with Crippen LogP contribution in [0.15, 0.2) is 12.2 Å². The molecule has 0 bridgehead atoms. The van der Waals surface area contributed by atoms with Crippen molar-refractivity contribution in [2.45, 2.75) is 57.8 Å². The zero-order valence-electron chi connectivity index (χ0n) is 10.4. The fourth-order valence-corrected chi connectivity index (χ4v) is 3.01. The highest BCUT2D eigenvalue weighted by Crippen LogP contribution is 2.65. The number of epoxide rings is 1. The zero-order chi connectivity index (χ0) is 12.2. The zero-order valence-corrected chi connectivity index (χ0v) is 10.4. The SMILES string of the molecule is CC(=O)/C=C/C12C[C@@H](O)CC(C)(C)C1(C)O2. The van der Waals surface area contributed by atoms with Crippen molar-refractivity contribution in [3.63, 3.8) is 0 Å². The van der Waals surface area contributed by atoms with Crippen molar-refractivity contribution in [3.05, 3.63) is 12.2 Å². The number of aliphatic hydroxyl groups excluding tert-OH is 1. The summed E-state index contributed by atoms with van der Waals surface area (Å²) in [5.41, 5.74) is -0.739. The Kier molecular flexibility index (Phi) is 2.34. The van der Waals surface area contributed by atoms with Crippen LogP contribution in [0.25, 0.3) is 0 Å². The Balaban J connectivity index is 2.28. The topological polar surface area (TPSA) is 49.8 Å². The van der Waals surface area contributed by atoms with E-state index in [-0.39, 0.29) is 22.9 Å². The van der Waals surface area contributed by atoms with Gasteiger partial charge in [0.25, 0.3) is 0 Å². The van der Waals surface area contributed by atoms with E-state index in [1.807, 2.05) is 6.08 Å². The second kappa shape index (κ2) is 3.17. The monoisotopic (exact) mass is 224 g/mol. The summed E-state index contributed by atoms with van der Waals surface area (Å²) in [6, 6.07) is 0. The smallest absolute Gasteiger partial charge is 0.152 e. The van der Waals surface area contributed by atoms with Crippen LogP contribution in [0.3, 0.4) is 0 Å². The van der Waals surface area contributed by atoms with Gasteiger partial charge in [-0.1, -0.05) is 13.8 Å². The molecule has 2 rings (SSSR count). The van der Waals surface area contributed by atoms with Gasteiger partial charge in [0.1, 0.15) is 11.2 Å². The van der Waals surface area contributed by atoms with E-state index in [2.05, 4.69) is 20.8 Å². The molecule has 1 aliphatic carbocycles. The molecule has 2 unspecified atom stereocenters. The molecule has 0 aromatic heterocycles. The quantitative estimate of drug-likeness (QED) is 0.575. The highest BCUT2D eigenvalue weighted by atomic mass is 16.6. The molecule has 90 valence electrons. The molecule has 1 aliphatic heterocycles. The summed E-state index contributed by atoms with van der Waals surface area (Å²) < 4.78 is 5.89. The van der Waals surface area contributed by atoms with Gasteiger partial charge in [0.2, 0.25) is 0 Å². The number of aliphatic hydroxyl groups is 1. The van der Waals surface area contributed by atoms with Crippen LogP contribution in [-0.4, -0.2) is 28.2 Å². The lowest BCUT2D eigenvalue weighted by Crippen LogP contribution is -2.45. The Bertz CT molecular complexity index is 358. The molecule has 1 heterocycles. The van der Waals surface area contributed by atoms with E-state index in [0.717, 1.165) is 6.42 Å². The molecule has 0 spiro atoms. The summed E-state index contributed by atoms with van der Waals surface area (Å²) in [4.78, 5) is 11.0. The molecule has 3 atom stereocenters. The van der Waals surface area contributed by atoms with Gasteiger partial charge in [-0.25, -0.2) is 0 Å². The maximum atomic E-state index is 11.0. The van der Waals surface area contributed by atoms with Crippen LogP contribution in [0.1, 0.15) is 40.5 Å². The Hall–Kier alpha value is -0.670. The van der Waals surface area contributed by atoms with Crippen molar-refractivity contribution in [3.8, 4) is 0 Å². The lowest BCUT2D eigenvalue weighted by atomic mass is 9.63. The predicted molar refractivity (Wildman–Crippen MR) is 61.1 cm³/mol. The van der Waals surface area contributed by atoms with E-state index in [4.69, 9.17) is 4.74 Å². The molecule has 2 aliphatic rings. The average Bonchev–Trinajstić information content (AvgIpc) is 2.69. The summed E-state index contributed by atoms with van der Waals surface area (Å²) in [6.45, 7) is 7.82. The van der Waals surface area contributed by atoms with Crippen molar-refractivity contribution in [1.29, 1.82) is 0 Å². The standard InChI is InChI=1S/C13H20O3/c1-9(14)5-6-13-8-10(15)7-11(2,3)12(13,4)16-13/h5-6,10,15H,7-8H2,1-4H3/b6-5+/t10-,12?,13?/m0/s1. The number of carbonyl (C=O) groups is 1. The summed E-state index contributed by atoms with van der Waals surface area (Å²) in [6.07, 6.45) is 4.39. The van der Waals surface area contributed by atoms with Gasteiger partial charge in [0.05, 0.1) is 6.10 Å². The Morgan fingerprint density at radius 2 is 2.00 bits per heavy atom. The largest absolute Gasteiger partial charge is 0.393 e. The number of allylic oxidation sites excluding steroid dienone is 1. The van der Waals surface area contributed by atoms with Gasteiger partial charge in [-0.05, 0) is 37.8 Å². The number of fused-ring (bicyclic) bond motifs is 1. The second-order valence-electron chi connectivity index (χ2n) is 5.91. The number of ether oxygens (including phenoxy) is 1. The molecule has 16 heavy (non-hydrogen) atoms. The third-order valence-corrected chi connectivity index (χ3v) is 4.32. The van der Waals surface area contributed by atoms with Crippen LogP contribution < -0.4 is 0 Å². The third kappa shape index (κ3) is 1.45. The Labute approximate surface area is 96.5 Å². The number of hydrogen-bond donors (Lipinski definition) is 1. The van der Waals surface area contributed by atoms with Crippen LogP contribution in [0.2, 0.25) is 0 Å². The summed E-state index contributed by atoms with van der Waals surface area (Å²) in [5, 5.41) is 9.89. The second-order valence-corrected chi connectivity index (χ2v) is 5.91. The molecule has 0 aromatic rings. The number of rotatable bonds is 2. The van der Waals surface area contributed by atoms with Crippen LogP contribution in [0.5, 0.6) is 0 Å². The van der Waals surface area contributed by atoms with E-state index in [1.54, 1.807) is 6.08 Å². The van der Waals surface area contributed by atoms with Crippen molar-refractivity contribution in [1.82, 2.24) is 0 Å². The number of hydrogen-bond acceptors (Lipinski definition) is 3. The molecule has 0 aromatic carbocycles. The number of ketones is 1. The van der Waals surface area contributed by atoms with E-state index in [9.17, 15) is 9.90 Å². The first kappa shape index (κ1) is 11.8. The predicted octanol–water partition coefficient (Wildman–Crippen LogP) is 1.84. The molecule has 2 fully saturated rings. The van der Waals surface area contributed by atoms with Gasteiger partial charge in [0, 0.05) is 6.42 Å². The molecule has 0 radical (unpaired) electrons. The summed E-state index contributed by atoms with van der Waals surface area (Å²) >= 11 is 0. The highest BCUT2D eigenvalue weighted by molar-refractivity contribution is 5.87. The van der Waals surface area contributed by atoms with Crippen LogP contribution >= 0.6 is 0 Å². The minimum Gasteiger partial charge on any atom is -0.393 e. The normalized spacial score (nSPS) is 45.4. The minimum absolute atomic E-state index is 0.0186. The number of carbonyl (C=O) groups excluding carboxylic acids is 1. The Morgan fingerprint density at radius 3 is 2.56 bits per heavy atom. The van der Waals surface area contributed by atoms with Gasteiger partial charge in [0.15, 0.2) is 5.78 Å². The fourth-order valence-electron chi connectivity index (χ4n) is 3.01. The molecule has 1 N–H and O–H groups in total. The molecule has 3 nitrogen and oxygen atoms in total. The van der Waals surface area contributed by atoms with Gasteiger partial charge in [-0.15, -0.1) is 0 Å².